The Bertz CT molecular complexity index is 1140. The van der Waals surface area contributed by atoms with Crippen molar-refractivity contribution in [2.45, 2.75) is 26.2 Å². The van der Waals surface area contributed by atoms with Gasteiger partial charge in [-0.15, -0.1) is 0 Å². The SMILES string of the molecule is CCCCc1nn2c(=O)cc(N3CCN(c4ccc([N+](=O)[O-])cc4Cl)CC3)nc2s1. The second kappa shape index (κ2) is 8.57. The van der Waals surface area contributed by atoms with Crippen LogP contribution >= 0.6 is 22.9 Å². The number of aryl methyl sites for hydroxylation is 1. The summed E-state index contributed by atoms with van der Waals surface area (Å²) in [6.07, 6.45) is 2.97. The number of halogens is 1. The Balaban J connectivity index is 1.49. The second-order valence-corrected chi connectivity index (χ2v) is 8.56. The summed E-state index contributed by atoms with van der Waals surface area (Å²) in [6, 6.07) is 6.05. The number of anilines is 2. The molecule has 0 saturated carbocycles. The minimum atomic E-state index is -0.457. The molecule has 0 spiro atoms. The fourth-order valence-corrected chi connectivity index (χ4v) is 4.70. The summed E-state index contributed by atoms with van der Waals surface area (Å²) in [7, 11) is 0. The molecule has 1 aromatic carbocycles. The van der Waals surface area contributed by atoms with Crippen molar-refractivity contribution >= 4 is 45.1 Å². The first kappa shape index (κ1) is 20.5. The van der Waals surface area contributed by atoms with Crippen molar-refractivity contribution in [3.05, 3.63) is 54.8 Å². The van der Waals surface area contributed by atoms with Gasteiger partial charge in [0, 0.05) is 50.8 Å². The molecule has 0 radical (unpaired) electrons. The monoisotopic (exact) mass is 448 g/mol. The lowest BCUT2D eigenvalue weighted by Gasteiger charge is -2.36. The predicted octanol–water partition coefficient (Wildman–Crippen LogP) is 3.38. The third kappa shape index (κ3) is 4.10. The number of nitrogens with zero attached hydrogens (tertiary/aromatic N) is 6. The van der Waals surface area contributed by atoms with Crippen LogP contribution in [0, 0.1) is 10.1 Å². The minimum Gasteiger partial charge on any atom is -0.367 e. The topological polar surface area (TPSA) is 96.9 Å². The molecule has 1 aliphatic heterocycles. The molecular formula is C19H21ClN6O3S. The number of hydrogen-bond donors (Lipinski definition) is 0. The number of aromatic nitrogens is 3. The van der Waals surface area contributed by atoms with Crippen LogP contribution in [-0.4, -0.2) is 45.7 Å². The quantitative estimate of drug-likeness (QED) is 0.421. The van der Waals surface area contributed by atoms with Crippen LogP contribution in [0.25, 0.3) is 4.96 Å². The molecular weight excluding hydrogens is 428 g/mol. The zero-order valence-corrected chi connectivity index (χ0v) is 18.0. The van der Waals surface area contributed by atoms with Gasteiger partial charge in [0.2, 0.25) is 4.96 Å². The lowest BCUT2D eigenvalue weighted by atomic mass is 10.2. The molecule has 2 aromatic heterocycles. The number of unbranched alkanes of at least 4 members (excludes halogenated alkanes) is 1. The fourth-order valence-electron chi connectivity index (χ4n) is 3.47. The van der Waals surface area contributed by atoms with Crippen molar-refractivity contribution in [2.75, 3.05) is 36.0 Å². The van der Waals surface area contributed by atoms with Gasteiger partial charge in [0.15, 0.2) is 0 Å². The maximum Gasteiger partial charge on any atom is 0.277 e. The molecule has 9 nitrogen and oxygen atoms in total. The summed E-state index contributed by atoms with van der Waals surface area (Å²) in [5, 5.41) is 16.6. The summed E-state index contributed by atoms with van der Waals surface area (Å²) in [5.74, 6) is 0.653. The summed E-state index contributed by atoms with van der Waals surface area (Å²) >= 11 is 7.73. The van der Waals surface area contributed by atoms with Crippen molar-refractivity contribution < 1.29 is 4.92 Å². The molecule has 0 N–H and O–H groups in total. The van der Waals surface area contributed by atoms with Gasteiger partial charge in [-0.2, -0.15) is 9.61 Å². The summed E-state index contributed by atoms with van der Waals surface area (Å²) in [5.41, 5.74) is 0.575. The van der Waals surface area contributed by atoms with Gasteiger partial charge in [-0.05, 0) is 12.5 Å². The molecule has 30 heavy (non-hydrogen) atoms. The summed E-state index contributed by atoms with van der Waals surface area (Å²) in [4.78, 5) is 32.4. The Hall–Kier alpha value is -2.72. The Morgan fingerprint density at radius 3 is 2.60 bits per heavy atom. The van der Waals surface area contributed by atoms with E-state index in [1.807, 2.05) is 0 Å². The first-order valence-electron chi connectivity index (χ1n) is 9.80. The van der Waals surface area contributed by atoms with E-state index in [-0.39, 0.29) is 11.2 Å². The highest BCUT2D eigenvalue weighted by molar-refractivity contribution is 7.16. The Kier molecular flexibility index (Phi) is 5.87. The zero-order chi connectivity index (χ0) is 21.3. The molecule has 3 heterocycles. The molecule has 0 amide bonds. The van der Waals surface area contributed by atoms with Crippen LogP contribution in [0.1, 0.15) is 24.8 Å². The van der Waals surface area contributed by atoms with E-state index in [9.17, 15) is 14.9 Å². The van der Waals surface area contributed by atoms with Gasteiger partial charge < -0.3 is 9.80 Å². The average Bonchev–Trinajstić information content (AvgIpc) is 3.16. The van der Waals surface area contributed by atoms with E-state index in [0.717, 1.165) is 30.0 Å². The van der Waals surface area contributed by atoms with Gasteiger partial charge in [0.05, 0.1) is 15.6 Å². The first-order chi connectivity index (χ1) is 14.5. The van der Waals surface area contributed by atoms with Crippen molar-refractivity contribution in [2.24, 2.45) is 0 Å². The molecule has 0 unspecified atom stereocenters. The summed E-state index contributed by atoms with van der Waals surface area (Å²) < 4.78 is 1.38. The fraction of sp³-hybridized carbons (Fsp3) is 0.421. The lowest BCUT2D eigenvalue weighted by molar-refractivity contribution is -0.384. The van der Waals surface area contributed by atoms with E-state index in [1.165, 1.54) is 34.1 Å². The zero-order valence-electron chi connectivity index (χ0n) is 16.5. The smallest absolute Gasteiger partial charge is 0.277 e. The Morgan fingerprint density at radius 1 is 1.20 bits per heavy atom. The van der Waals surface area contributed by atoms with Crippen molar-refractivity contribution in [1.82, 2.24) is 14.6 Å². The van der Waals surface area contributed by atoms with Crippen LogP contribution in [0.2, 0.25) is 5.02 Å². The second-order valence-electron chi connectivity index (χ2n) is 7.11. The van der Waals surface area contributed by atoms with E-state index in [4.69, 9.17) is 11.6 Å². The third-order valence-electron chi connectivity index (χ3n) is 5.10. The van der Waals surface area contributed by atoms with Gasteiger partial charge in [-0.25, -0.2) is 4.98 Å². The van der Waals surface area contributed by atoms with Crippen molar-refractivity contribution in [1.29, 1.82) is 0 Å². The molecule has 11 heteroatoms. The molecule has 0 aliphatic carbocycles. The molecule has 1 aliphatic rings. The molecule has 3 aromatic rings. The maximum atomic E-state index is 12.5. The normalized spacial score (nSPS) is 14.5. The maximum absolute atomic E-state index is 12.5. The van der Waals surface area contributed by atoms with Gasteiger partial charge >= 0.3 is 0 Å². The van der Waals surface area contributed by atoms with E-state index in [0.29, 0.717) is 42.0 Å². The van der Waals surface area contributed by atoms with Crippen molar-refractivity contribution in [3.8, 4) is 0 Å². The standard InChI is InChI=1S/C19H21ClN6O3S/c1-2-3-4-17-22-25-18(27)12-16(21-19(25)30-17)24-9-7-23(8-10-24)15-6-5-13(26(28)29)11-14(15)20/h5-6,11-12H,2-4,7-10H2,1H3. The molecule has 1 saturated heterocycles. The molecule has 1 fully saturated rings. The van der Waals surface area contributed by atoms with Crippen LogP contribution in [0.4, 0.5) is 17.2 Å². The number of nitro groups is 1. The summed E-state index contributed by atoms with van der Waals surface area (Å²) in [6.45, 7) is 4.79. The van der Waals surface area contributed by atoms with Gasteiger partial charge in [-0.3, -0.25) is 14.9 Å². The number of hydrogen-bond acceptors (Lipinski definition) is 8. The molecule has 4 rings (SSSR count). The van der Waals surface area contributed by atoms with Crippen LogP contribution < -0.4 is 15.4 Å². The van der Waals surface area contributed by atoms with Gasteiger partial charge in [-0.1, -0.05) is 36.3 Å². The average molecular weight is 449 g/mol. The van der Waals surface area contributed by atoms with Crippen LogP contribution in [0.15, 0.2) is 29.1 Å². The number of non-ortho nitro benzene ring substituents is 1. The minimum absolute atomic E-state index is 0.0248. The third-order valence-corrected chi connectivity index (χ3v) is 6.37. The van der Waals surface area contributed by atoms with Gasteiger partial charge in [0.1, 0.15) is 10.8 Å². The number of fused-ring (bicyclic) bond motifs is 1. The van der Waals surface area contributed by atoms with Crippen LogP contribution in [0.5, 0.6) is 0 Å². The van der Waals surface area contributed by atoms with Crippen molar-refractivity contribution in [3.63, 3.8) is 0 Å². The predicted molar refractivity (Wildman–Crippen MR) is 118 cm³/mol. The highest BCUT2D eigenvalue weighted by atomic mass is 35.5. The number of benzene rings is 1. The van der Waals surface area contributed by atoms with E-state index >= 15 is 0 Å². The Morgan fingerprint density at radius 2 is 1.93 bits per heavy atom. The molecule has 0 atom stereocenters. The first-order valence-corrected chi connectivity index (χ1v) is 11.0. The Labute approximate surface area is 181 Å². The number of nitro benzene ring substituents is 1. The van der Waals surface area contributed by atoms with Gasteiger partial charge in [0.25, 0.3) is 11.2 Å². The van der Waals surface area contributed by atoms with E-state index in [1.54, 1.807) is 6.07 Å². The largest absolute Gasteiger partial charge is 0.367 e. The molecule has 158 valence electrons. The molecule has 0 bridgehead atoms. The van der Waals surface area contributed by atoms with E-state index < -0.39 is 4.92 Å². The number of rotatable bonds is 6. The lowest BCUT2D eigenvalue weighted by Crippen LogP contribution is -2.47. The highest BCUT2D eigenvalue weighted by Gasteiger charge is 2.22. The van der Waals surface area contributed by atoms with Crippen LogP contribution in [0.3, 0.4) is 0 Å². The van der Waals surface area contributed by atoms with E-state index in [2.05, 4.69) is 26.8 Å². The van der Waals surface area contributed by atoms with Crippen LogP contribution in [-0.2, 0) is 6.42 Å². The number of piperazine rings is 1. The highest BCUT2D eigenvalue weighted by Crippen LogP contribution is 2.31.